The molecule has 6 nitrogen and oxygen atoms in total. The molecule has 2 aliphatic carbocycles. The van der Waals surface area contributed by atoms with E-state index in [0.29, 0.717) is 17.3 Å². The number of nitrogens with one attached hydrogen (secondary N) is 2. The van der Waals surface area contributed by atoms with Crippen molar-refractivity contribution in [3.05, 3.63) is 94.5 Å². The number of hydrogen-bond acceptors (Lipinski definition) is 4. The normalized spacial score (nSPS) is 25.0. The van der Waals surface area contributed by atoms with Gasteiger partial charge < -0.3 is 20.8 Å². The summed E-state index contributed by atoms with van der Waals surface area (Å²) in [6, 6.07) is 15.0. The van der Waals surface area contributed by atoms with Gasteiger partial charge in [0, 0.05) is 46.9 Å². The van der Waals surface area contributed by atoms with E-state index < -0.39 is 0 Å². The number of aromatic nitrogens is 1. The monoisotopic (exact) mass is 482 g/mol. The molecule has 1 aliphatic heterocycles. The minimum Gasteiger partial charge on any atom is -0.397 e. The van der Waals surface area contributed by atoms with Gasteiger partial charge in [-0.05, 0) is 73.6 Å². The Morgan fingerprint density at radius 3 is 2.86 bits per heavy atom. The number of ether oxygens (including phenoxy) is 1. The van der Waals surface area contributed by atoms with Crippen LogP contribution in [0.25, 0.3) is 10.9 Å². The standard InChI is InChI=1S/C30H34N4O2/c1-18-6-5-8-25(31)28(18)33-29(35)21-10-12-24-20(16-21)11-13-27(24)34(30-19(2)36-30)15-14-22-17-32-26-9-4-3-7-23(22)26/h3-5,7-10,12,16-19,27,30,32H,6,11,13-15,31H2,1-2H3,(H,33,35). The highest BCUT2D eigenvalue weighted by atomic mass is 16.6. The second-order valence-corrected chi connectivity index (χ2v) is 10.4. The Balaban J connectivity index is 1.20. The van der Waals surface area contributed by atoms with E-state index in [1.54, 1.807) is 0 Å². The minimum atomic E-state index is -0.0864. The number of carbonyl (C=O) groups is 1. The molecule has 6 heteroatoms. The number of benzene rings is 2. The first-order chi connectivity index (χ1) is 17.5. The van der Waals surface area contributed by atoms with E-state index >= 15 is 0 Å². The molecule has 0 spiro atoms. The van der Waals surface area contributed by atoms with Crippen LogP contribution < -0.4 is 11.1 Å². The van der Waals surface area contributed by atoms with Crippen LogP contribution in [0.1, 0.15) is 59.8 Å². The zero-order valence-electron chi connectivity index (χ0n) is 21.0. The van der Waals surface area contributed by atoms with Gasteiger partial charge in [0.2, 0.25) is 0 Å². The smallest absolute Gasteiger partial charge is 0.255 e. The van der Waals surface area contributed by atoms with Crippen LogP contribution in [0.2, 0.25) is 0 Å². The van der Waals surface area contributed by atoms with Crippen molar-refractivity contribution in [1.82, 2.24) is 15.2 Å². The number of rotatable bonds is 7. The van der Waals surface area contributed by atoms with Crippen molar-refractivity contribution < 1.29 is 9.53 Å². The van der Waals surface area contributed by atoms with E-state index in [-0.39, 0.29) is 24.2 Å². The molecular weight excluding hydrogens is 448 g/mol. The molecule has 3 aliphatic rings. The van der Waals surface area contributed by atoms with Gasteiger partial charge in [0.05, 0.1) is 11.8 Å². The van der Waals surface area contributed by atoms with Gasteiger partial charge in [0.15, 0.2) is 0 Å². The number of carbonyl (C=O) groups excluding carboxylic acids is 1. The Labute approximate surface area is 212 Å². The van der Waals surface area contributed by atoms with E-state index in [1.165, 1.54) is 27.6 Å². The summed E-state index contributed by atoms with van der Waals surface area (Å²) < 4.78 is 5.96. The molecule has 0 saturated carbocycles. The third-order valence-electron chi connectivity index (χ3n) is 8.01. The second-order valence-electron chi connectivity index (χ2n) is 10.4. The second kappa shape index (κ2) is 9.26. The van der Waals surface area contributed by atoms with Gasteiger partial charge >= 0.3 is 0 Å². The molecule has 186 valence electrons. The molecular formula is C30H34N4O2. The number of nitrogens with two attached hydrogens (primary N) is 1. The van der Waals surface area contributed by atoms with Gasteiger partial charge in [-0.15, -0.1) is 0 Å². The fourth-order valence-electron chi connectivity index (χ4n) is 5.93. The Morgan fingerprint density at radius 1 is 1.22 bits per heavy atom. The van der Waals surface area contributed by atoms with Gasteiger partial charge in [-0.1, -0.05) is 37.3 Å². The minimum absolute atomic E-state index is 0.0864. The van der Waals surface area contributed by atoms with Gasteiger partial charge in [-0.3, -0.25) is 9.69 Å². The molecule has 0 radical (unpaired) electrons. The van der Waals surface area contributed by atoms with Crippen LogP contribution >= 0.6 is 0 Å². The van der Waals surface area contributed by atoms with Crippen LogP contribution in [-0.4, -0.2) is 34.7 Å². The highest BCUT2D eigenvalue weighted by Gasteiger charge is 2.44. The number of aryl methyl sites for hydroxylation is 1. The number of H-pyrrole nitrogens is 1. The molecule has 1 aromatic heterocycles. The Bertz CT molecular complexity index is 1370. The molecule has 4 unspecified atom stereocenters. The lowest BCUT2D eigenvalue weighted by molar-refractivity contribution is 0.0961. The number of fused-ring (bicyclic) bond motifs is 2. The number of aromatic amines is 1. The predicted molar refractivity (Wildman–Crippen MR) is 142 cm³/mol. The summed E-state index contributed by atoms with van der Waals surface area (Å²) in [5.74, 6) is 0.126. The van der Waals surface area contributed by atoms with Gasteiger partial charge in [-0.25, -0.2) is 0 Å². The first-order valence-electron chi connectivity index (χ1n) is 13.1. The average Bonchev–Trinajstić information content (AvgIpc) is 3.26. The van der Waals surface area contributed by atoms with Crippen LogP contribution in [0, 0.1) is 5.92 Å². The summed E-state index contributed by atoms with van der Waals surface area (Å²) >= 11 is 0. The molecule has 1 amide bonds. The zero-order chi connectivity index (χ0) is 24.8. The maximum atomic E-state index is 13.1. The van der Waals surface area contributed by atoms with Gasteiger partial charge in [0.1, 0.15) is 6.23 Å². The largest absolute Gasteiger partial charge is 0.397 e. The molecule has 3 aromatic rings. The summed E-state index contributed by atoms with van der Waals surface area (Å²) in [5, 5.41) is 4.37. The van der Waals surface area contributed by atoms with Crippen molar-refractivity contribution in [2.24, 2.45) is 11.7 Å². The van der Waals surface area contributed by atoms with E-state index in [1.807, 2.05) is 12.1 Å². The van der Waals surface area contributed by atoms with Crippen molar-refractivity contribution in [3.8, 4) is 0 Å². The molecule has 2 heterocycles. The highest BCUT2D eigenvalue weighted by Crippen LogP contribution is 2.41. The van der Waals surface area contributed by atoms with Gasteiger partial charge in [0.25, 0.3) is 5.91 Å². The quantitative estimate of drug-likeness (QED) is 0.416. The average molecular weight is 483 g/mol. The topological polar surface area (TPSA) is 86.7 Å². The highest BCUT2D eigenvalue weighted by molar-refractivity contribution is 5.95. The molecule has 1 fully saturated rings. The third-order valence-corrected chi connectivity index (χ3v) is 8.01. The zero-order valence-corrected chi connectivity index (χ0v) is 21.0. The van der Waals surface area contributed by atoms with Crippen LogP contribution in [0.15, 0.2) is 72.2 Å². The van der Waals surface area contributed by atoms with Crippen LogP contribution in [-0.2, 0) is 17.6 Å². The van der Waals surface area contributed by atoms with Crippen LogP contribution in [0.4, 0.5) is 0 Å². The number of epoxide rings is 1. The first-order valence-corrected chi connectivity index (χ1v) is 13.1. The Morgan fingerprint density at radius 2 is 2.06 bits per heavy atom. The summed E-state index contributed by atoms with van der Waals surface area (Å²) in [4.78, 5) is 19.0. The number of amides is 1. The van der Waals surface area contributed by atoms with Crippen molar-refractivity contribution in [2.75, 3.05) is 6.54 Å². The van der Waals surface area contributed by atoms with Crippen molar-refractivity contribution in [2.45, 2.75) is 57.9 Å². The molecule has 0 bridgehead atoms. The number of allylic oxidation sites excluding steroid dienone is 3. The maximum Gasteiger partial charge on any atom is 0.255 e. The summed E-state index contributed by atoms with van der Waals surface area (Å²) in [5.41, 5.74) is 13.4. The predicted octanol–water partition coefficient (Wildman–Crippen LogP) is 4.94. The van der Waals surface area contributed by atoms with Gasteiger partial charge in [-0.2, -0.15) is 0 Å². The molecule has 1 saturated heterocycles. The SMILES string of the molecule is CC1CC=CC(N)=C1NC(=O)c1ccc2c(c1)CCC2N(CCc1c[nH]c2ccccc12)C1OC1C. The summed E-state index contributed by atoms with van der Waals surface area (Å²) in [6.07, 6.45) is 10.4. The van der Waals surface area contributed by atoms with Crippen LogP contribution in [0.5, 0.6) is 0 Å². The van der Waals surface area contributed by atoms with E-state index in [2.05, 4.69) is 77.7 Å². The maximum absolute atomic E-state index is 13.1. The summed E-state index contributed by atoms with van der Waals surface area (Å²) in [7, 11) is 0. The Hall–Kier alpha value is -3.35. The third kappa shape index (κ3) is 4.25. The lowest BCUT2D eigenvalue weighted by Crippen LogP contribution is -2.33. The van der Waals surface area contributed by atoms with E-state index in [9.17, 15) is 4.79 Å². The van der Waals surface area contributed by atoms with E-state index in [0.717, 1.165) is 37.9 Å². The van der Waals surface area contributed by atoms with Crippen molar-refractivity contribution in [3.63, 3.8) is 0 Å². The number of nitrogens with zero attached hydrogens (tertiary/aromatic N) is 1. The van der Waals surface area contributed by atoms with Crippen molar-refractivity contribution in [1.29, 1.82) is 0 Å². The summed E-state index contributed by atoms with van der Waals surface area (Å²) in [6.45, 7) is 5.17. The molecule has 4 N–H and O–H groups in total. The Kier molecular flexibility index (Phi) is 5.94. The van der Waals surface area contributed by atoms with Crippen LogP contribution in [0.3, 0.4) is 0 Å². The van der Waals surface area contributed by atoms with Crippen molar-refractivity contribution >= 4 is 16.8 Å². The number of hydrogen-bond donors (Lipinski definition) is 3. The fourth-order valence-corrected chi connectivity index (χ4v) is 5.93. The lowest BCUT2D eigenvalue weighted by atomic mass is 9.96. The van der Waals surface area contributed by atoms with E-state index in [4.69, 9.17) is 10.5 Å². The lowest BCUT2D eigenvalue weighted by Gasteiger charge is -2.28. The molecule has 4 atom stereocenters. The fraction of sp³-hybridized carbons (Fsp3) is 0.367. The molecule has 36 heavy (non-hydrogen) atoms. The first kappa shape index (κ1) is 23.1. The molecule has 2 aromatic carbocycles. The number of para-hydroxylation sites is 1. The molecule has 6 rings (SSSR count).